The van der Waals surface area contributed by atoms with Crippen LogP contribution in [0.5, 0.6) is 0 Å². The summed E-state index contributed by atoms with van der Waals surface area (Å²) in [5, 5.41) is 10.1. The van der Waals surface area contributed by atoms with Gasteiger partial charge in [0.15, 0.2) is 5.69 Å². The molecule has 0 unspecified atom stereocenters. The maximum Gasteiger partial charge on any atom is 0.282 e. The van der Waals surface area contributed by atoms with Crippen molar-refractivity contribution in [2.24, 2.45) is 5.73 Å². The zero-order valence-electron chi connectivity index (χ0n) is 12.6. The molecule has 0 radical (unpaired) electrons. The minimum Gasteiger partial charge on any atom is -0.364 e. The largest absolute Gasteiger partial charge is 0.364 e. The highest BCUT2D eigenvalue weighted by Gasteiger charge is 2.18. The normalized spacial score (nSPS) is 11.0. The van der Waals surface area contributed by atoms with Gasteiger partial charge in [-0.2, -0.15) is 10.2 Å². The number of carbonyl (C=O) groups is 2. The van der Waals surface area contributed by atoms with Crippen LogP contribution in [-0.4, -0.2) is 31.4 Å². The van der Waals surface area contributed by atoms with Crippen molar-refractivity contribution >= 4 is 17.5 Å². The van der Waals surface area contributed by atoms with Crippen LogP contribution in [0.15, 0.2) is 12.3 Å². The number of aromatic nitrogens is 4. The Hall–Kier alpha value is -2.78. The first-order chi connectivity index (χ1) is 10.8. The van der Waals surface area contributed by atoms with Crippen molar-refractivity contribution in [1.29, 1.82) is 0 Å². The van der Waals surface area contributed by atoms with Gasteiger partial charge in [-0.3, -0.25) is 19.0 Å². The second-order valence-corrected chi connectivity index (χ2v) is 4.83. The first kappa shape index (κ1) is 16.6. The van der Waals surface area contributed by atoms with E-state index in [1.807, 2.05) is 6.92 Å². The number of aryl methyl sites for hydroxylation is 2. The third-order valence-corrected chi connectivity index (χ3v) is 3.11. The van der Waals surface area contributed by atoms with E-state index in [0.717, 1.165) is 4.68 Å². The van der Waals surface area contributed by atoms with Crippen molar-refractivity contribution in [1.82, 2.24) is 19.6 Å². The van der Waals surface area contributed by atoms with E-state index in [-0.39, 0.29) is 17.9 Å². The number of nitrogens with one attached hydrogen (secondary N) is 1. The number of primary amides is 1. The van der Waals surface area contributed by atoms with E-state index in [2.05, 4.69) is 15.5 Å². The second-order valence-electron chi connectivity index (χ2n) is 4.83. The van der Waals surface area contributed by atoms with Gasteiger partial charge in [0.2, 0.25) is 5.91 Å². The highest BCUT2D eigenvalue weighted by molar-refractivity contribution is 6.01. The van der Waals surface area contributed by atoms with Crippen molar-refractivity contribution in [3.63, 3.8) is 0 Å². The molecule has 23 heavy (non-hydrogen) atoms. The van der Waals surface area contributed by atoms with Gasteiger partial charge in [-0.1, -0.05) is 0 Å². The van der Waals surface area contributed by atoms with Crippen molar-refractivity contribution in [2.75, 3.05) is 5.32 Å². The van der Waals surface area contributed by atoms with Gasteiger partial charge in [-0.25, -0.2) is 8.78 Å². The summed E-state index contributed by atoms with van der Waals surface area (Å²) in [4.78, 5) is 23.4. The number of amides is 2. The molecule has 0 bridgehead atoms. The van der Waals surface area contributed by atoms with E-state index < -0.39 is 23.9 Å². The second kappa shape index (κ2) is 6.55. The topological polar surface area (TPSA) is 108 Å². The number of nitrogens with zero attached hydrogens (tertiary/aromatic N) is 4. The van der Waals surface area contributed by atoms with E-state index in [0.29, 0.717) is 12.2 Å². The SMILES string of the molecule is CCn1cc(NC(=O)Cn2nc(C(F)F)cc2C)c(C(N)=O)n1. The van der Waals surface area contributed by atoms with Gasteiger partial charge in [0.05, 0.1) is 5.69 Å². The predicted octanol–water partition coefficient (Wildman–Crippen LogP) is 1.08. The highest BCUT2D eigenvalue weighted by Crippen LogP contribution is 2.18. The molecular formula is C13H16F2N6O2. The van der Waals surface area contributed by atoms with Gasteiger partial charge in [-0.05, 0) is 19.9 Å². The van der Waals surface area contributed by atoms with E-state index in [9.17, 15) is 18.4 Å². The Bertz CT molecular complexity index is 737. The van der Waals surface area contributed by atoms with Crippen molar-refractivity contribution < 1.29 is 18.4 Å². The molecule has 124 valence electrons. The monoisotopic (exact) mass is 326 g/mol. The van der Waals surface area contributed by atoms with Crippen molar-refractivity contribution in [3.8, 4) is 0 Å². The molecule has 2 rings (SSSR count). The van der Waals surface area contributed by atoms with E-state index in [1.165, 1.54) is 16.9 Å². The van der Waals surface area contributed by atoms with Crippen LogP contribution in [0.3, 0.4) is 0 Å². The summed E-state index contributed by atoms with van der Waals surface area (Å²) in [6.45, 7) is 3.60. The van der Waals surface area contributed by atoms with Gasteiger partial charge < -0.3 is 11.1 Å². The van der Waals surface area contributed by atoms with E-state index >= 15 is 0 Å². The Labute approximate surface area is 130 Å². The molecule has 0 fully saturated rings. The Balaban J connectivity index is 2.14. The molecule has 2 heterocycles. The molecule has 0 aliphatic rings. The van der Waals surface area contributed by atoms with Crippen LogP contribution >= 0.6 is 0 Å². The summed E-state index contributed by atoms with van der Waals surface area (Å²) in [5.74, 6) is -1.31. The molecule has 0 saturated carbocycles. The zero-order chi connectivity index (χ0) is 17.1. The lowest BCUT2D eigenvalue weighted by atomic mass is 10.3. The number of nitrogens with two attached hydrogens (primary N) is 1. The lowest BCUT2D eigenvalue weighted by Crippen LogP contribution is -2.22. The van der Waals surface area contributed by atoms with Gasteiger partial charge in [0, 0.05) is 18.4 Å². The fourth-order valence-corrected chi connectivity index (χ4v) is 1.98. The van der Waals surface area contributed by atoms with Gasteiger partial charge >= 0.3 is 0 Å². The number of halogens is 2. The third-order valence-electron chi connectivity index (χ3n) is 3.11. The summed E-state index contributed by atoms with van der Waals surface area (Å²) in [6, 6.07) is 1.21. The first-order valence-electron chi connectivity index (χ1n) is 6.81. The molecule has 2 aromatic rings. The molecule has 3 N–H and O–H groups in total. The van der Waals surface area contributed by atoms with E-state index in [4.69, 9.17) is 5.73 Å². The average molecular weight is 326 g/mol. The Kier molecular flexibility index (Phi) is 4.72. The molecule has 0 atom stereocenters. The smallest absolute Gasteiger partial charge is 0.282 e. The Morgan fingerprint density at radius 3 is 2.61 bits per heavy atom. The van der Waals surface area contributed by atoms with Crippen LogP contribution in [0, 0.1) is 6.92 Å². The zero-order valence-corrected chi connectivity index (χ0v) is 12.6. The minimum atomic E-state index is -2.71. The van der Waals surface area contributed by atoms with Crippen molar-refractivity contribution in [2.45, 2.75) is 33.4 Å². The minimum absolute atomic E-state index is 0.0642. The number of carbonyl (C=O) groups excluding carboxylic acids is 2. The lowest BCUT2D eigenvalue weighted by Gasteiger charge is -2.05. The molecule has 0 spiro atoms. The molecular weight excluding hydrogens is 310 g/mol. The quantitative estimate of drug-likeness (QED) is 0.828. The van der Waals surface area contributed by atoms with Crippen LogP contribution in [0.4, 0.5) is 14.5 Å². The predicted molar refractivity (Wildman–Crippen MR) is 77.0 cm³/mol. The molecule has 2 aromatic heterocycles. The summed E-state index contributed by atoms with van der Waals surface area (Å²) >= 11 is 0. The molecule has 2 amide bonds. The summed E-state index contributed by atoms with van der Waals surface area (Å²) in [5.41, 5.74) is 5.34. The van der Waals surface area contributed by atoms with Crippen LogP contribution in [0.2, 0.25) is 0 Å². The van der Waals surface area contributed by atoms with Gasteiger partial charge in [0.25, 0.3) is 12.3 Å². The number of hydrogen-bond donors (Lipinski definition) is 2. The molecule has 0 aliphatic carbocycles. The highest BCUT2D eigenvalue weighted by atomic mass is 19.3. The standard InChI is InChI=1S/C13H16F2N6O2/c1-3-20-5-9(11(19-20)13(16)23)17-10(22)6-21-7(2)4-8(18-21)12(14)15/h4-5,12H,3,6H2,1-2H3,(H2,16,23)(H,17,22). The number of rotatable bonds is 6. The Morgan fingerprint density at radius 2 is 2.09 bits per heavy atom. The number of alkyl halides is 2. The maximum absolute atomic E-state index is 12.6. The molecule has 8 nitrogen and oxygen atoms in total. The van der Waals surface area contributed by atoms with Crippen LogP contribution < -0.4 is 11.1 Å². The van der Waals surface area contributed by atoms with Crippen LogP contribution in [0.1, 0.15) is 35.2 Å². The van der Waals surface area contributed by atoms with Gasteiger partial charge in [0.1, 0.15) is 12.2 Å². The molecule has 0 aliphatic heterocycles. The summed E-state index contributed by atoms with van der Waals surface area (Å²) in [7, 11) is 0. The molecule has 0 saturated heterocycles. The summed E-state index contributed by atoms with van der Waals surface area (Å²) < 4.78 is 27.8. The summed E-state index contributed by atoms with van der Waals surface area (Å²) in [6.07, 6.45) is -1.24. The third kappa shape index (κ3) is 3.71. The van der Waals surface area contributed by atoms with Crippen LogP contribution in [-0.2, 0) is 17.9 Å². The fraction of sp³-hybridized carbons (Fsp3) is 0.385. The average Bonchev–Trinajstić information content (AvgIpc) is 3.03. The molecule has 10 heteroatoms. The van der Waals surface area contributed by atoms with Crippen LogP contribution in [0.25, 0.3) is 0 Å². The molecule has 0 aromatic carbocycles. The number of hydrogen-bond acceptors (Lipinski definition) is 4. The fourth-order valence-electron chi connectivity index (χ4n) is 1.98. The van der Waals surface area contributed by atoms with Gasteiger partial charge in [-0.15, -0.1) is 0 Å². The Morgan fingerprint density at radius 1 is 1.39 bits per heavy atom. The number of anilines is 1. The van der Waals surface area contributed by atoms with Crippen molar-refractivity contribution in [3.05, 3.63) is 29.3 Å². The first-order valence-corrected chi connectivity index (χ1v) is 6.81. The van der Waals surface area contributed by atoms with E-state index in [1.54, 1.807) is 6.92 Å². The lowest BCUT2D eigenvalue weighted by molar-refractivity contribution is -0.117. The maximum atomic E-state index is 12.6.